The summed E-state index contributed by atoms with van der Waals surface area (Å²) in [5.41, 5.74) is 0.359. The lowest BCUT2D eigenvalue weighted by Crippen LogP contribution is -2.29. The fraction of sp³-hybridized carbons (Fsp3) is 0.182. The topological polar surface area (TPSA) is 49.3 Å². The van der Waals surface area contributed by atoms with Crippen LogP contribution in [-0.4, -0.2) is 17.6 Å². The van der Waals surface area contributed by atoms with Crippen molar-refractivity contribution in [2.24, 2.45) is 0 Å². The van der Waals surface area contributed by atoms with Gasteiger partial charge in [-0.05, 0) is 17.7 Å². The predicted molar refractivity (Wildman–Crippen MR) is 54.6 cm³/mol. The lowest BCUT2D eigenvalue weighted by Gasteiger charge is -2.10. The molecule has 3 nitrogen and oxygen atoms in total. The van der Waals surface area contributed by atoms with E-state index in [4.69, 9.17) is 0 Å². The van der Waals surface area contributed by atoms with Crippen molar-refractivity contribution >= 4 is 5.91 Å². The minimum Gasteiger partial charge on any atom is -0.378 e. The molecule has 0 aliphatic rings. The molecule has 80 valence electrons. The van der Waals surface area contributed by atoms with Gasteiger partial charge in [0, 0.05) is 6.54 Å². The van der Waals surface area contributed by atoms with Crippen LogP contribution in [0.2, 0.25) is 0 Å². The van der Waals surface area contributed by atoms with Crippen LogP contribution in [0.15, 0.2) is 36.9 Å². The zero-order valence-corrected chi connectivity index (χ0v) is 8.11. The fourth-order valence-corrected chi connectivity index (χ4v) is 1.07. The first-order valence-electron chi connectivity index (χ1n) is 4.47. The summed E-state index contributed by atoms with van der Waals surface area (Å²) < 4.78 is 12.6. The molecule has 1 aromatic carbocycles. The Morgan fingerprint density at radius 3 is 2.67 bits per heavy atom. The Kier molecular flexibility index (Phi) is 4.00. The first-order chi connectivity index (χ1) is 7.15. The van der Waals surface area contributed by atoms with Crippen molar-refractivity contribution in [1.82, 2.24) is 5.32 Å². The molecule has 2 N–H and O–H groups in total. The second-order valence-corrected chi connectivity index (χ2v) is 2.99. The van der Waals surface area contributed by atoms with Gasteiger partial charge >= 0.3 is 0 Å². The summed E-state index contributed by atoms with van der Waals surface area (Å²) in [5, 5.41) is 12.0. The predicted octanol–water partition coefficient (Wildman–Crippen LogP) is 1.16. The fourth-order valence-electron chi connectivity index (χ4n) is 1.07. The molecule has 0 saturated heterocycles. The van der Waals surface area contributed by atoms with Gasteiger partial charge in [0.15, 0.2) is 6.10 Å². The number of rotatable bonds is 4. The number of nitrogens with one attached hydrogen (secondary N) is 1. The van der Waals surface area contributed by atoms with Crippen LogP contribution in [0.4, 0.5) is 4.39 Å². The molecular weight excluding hydrogens is 197 g/mol. The van der Waals surface area contributed by atoms with Crippen molar-refractivity contribution < 1.29 is 14.3 Å². The zero-order chi connectivity index (χ0) is 11.3. The molecule has 0 fully saturated rings. The highest BCUT2D eigenvalue weighted by molar-refractivity contribution is 5.81. The van der Waals surface area contributed by atoms with Crippen molar-refractivity contribution in [3.8, 4) is 0 Å². The smallest absolute Gasteiger partial charge is 0.253 e. The van der Waals surface area contributed by atoms with Crippen LogP contribution in [0.3, 0.4) is 0 Å². The molecule has 1 unspecified atom stereocenters. The van der Waals surface area contributed by atoms with Gasteiger partial charge in [-0.3, -0.25) is 4.79 Å². The van der Waals surface area contributed by atoms with E-state index in [1.54, 1.807) is 0 Å². The van der Waals surface area contributed by atoms with Crippen molar-refractivity contribution in [1.29, 1.82) is 0 Å². The average Bonchev–Trinajstić information content (AvgIpc) is 2.26. The Hall–Kier alpha value is -1.68. The number of carbonyl (C=O) groups is 1. The van der Waals surface area contributed by atoms with E-state index in [0.717, 1.165) is 0 Å². The molecule has 0 bridgehead atoms. The van der Waals surface area contributed by atoms with Gasteiger partial charge in [0.25, 0.3) is 5.91 Å². The van der Waals surface area contributed by atoms with Gasteiger partial charge in [0.05, 0.1) is 0 Å². The Balaban J connectivity index is 2.67. The van der Waals surface area contributed by atoms with Crippen LogP contribution in [0.25, 0.3) is 0 Å². The number of halogens is 1. The molecule has 4 heteroatoms. The monoisotopic (exact) mass is 209 g/mol. The molecule has 1 atom stereocenters. The number of benzene rings is 1. The second-order valence-electron chi connectivity index (χ2n) is 2.99. The highest BCUT2D eigenvalue weighted by Gasteiger charge is 2.15. The zero-order valence-electron chi connectivity index (χ0n) is 8.11. The van der Waals surface area contributed by atoms with Gasteiger partial charge in [-0.1, -0.05) is 18.2 Å². The van der Waals surface area contributed by atoms with Crippen molar-refractivity contribution in [2.75, 3.05) is 6.54 Å². The van der Waals surface area contributed by atoms with E-state index in [2.05, 4.69) is 11.9 Å². The summed E-state index contributed by atoms with van der Waals surface area (Å²) in [4.78, 5) is 11.3. The lowest BCUT2D eigenvalue weighted by atomic mass is 10.1. The normalized spacial score (nSPS) is 11.9. The van der Waals surface area contributed by atoms with Gasteiger partial charge in [0.2, 0.25) is 0 Å². The van der Waals surface area contributed by atoms with Crippen LogP contribution in [-0.2, 0) is 4.79 Å². The quantitative estimate of drug-likeness (QED) is 0.731. The molecule has 0 heterocycles. The Morgan fingerprint density at radius 2 is 2.13 bits per heavy atom. The largest absolute Gasteiger partial charge is 0.378 e. The number of aliphatic hydroxyl groups is 1. The minimum absolute atomic E-state index is 0.289. The van der Waals surface area contributed by atoms with E-state index in [1.807, 2.05) is 0 Å². The van der Waals surface area contributed by atoms with Crippen LogP contribution in [0.5, 0.6) is 0 Å². The summed E-state index contributed by atoms with van der Waals surface area (Å²) in [6.07, 6.45) is 0.237. The average molecular weight is 209 g/mol. The molecule has 0 radical (unpaired) electrons. The Morgan fingerprint density at radius 1 is 1.53 bits per heavy atom. The summed E-state index contributed by atoms with van der Waals surface area (Å²) in [6.45, 7) is 3.72. The maximum atomic E-state index is 12.6. The maximum absolute atomic E-state index is 12.6. The number of amides is 1. The molecule has 0 spiro atoms. The molecule has 1 amide bonds. The Labute approximate surface area is 87.2 Å². The van der Waals surface area contributed by atoms with Gasteiger partial charge < -0.3 is 10.4 Å². The van der Waals surface area contributed by atoms with Crippen LogP contribution < -0.4 is 5.32 Å². The molecule has 1 aromatic rings. The first kappa shape index (κ1) is 11.4. The third-order valence-electron chi connectivity index (χ3n) is 1.85. The molecule has 1 rings (SSSR count). The number of carbonyl (C=O) groups excluding carboxylic acids is 1. The van der Waals surface area contributed by atoms with Gasteiger partial charge in [-0.15, -0.1) is 6.58 Å². The van der Waals surface area contributed by atoms with Crippen LogP contribution >= 0.6 is 0 Å². The number of aliphatic hydroxyl groups excluding tert-OH is 1. The SMILES string of the molecule is C=CCNC(=O)C(O)c1ccc(F)cc1. The summed E-state index contributed by atoms with van der Waals surface area (Å²) in [6, 6.07) is 5.12. The van der Waals surface area contributed by atoms with E-state index in [9.17, 15) is 14.3 Å². The standard InChI is InChI=1S/C11H12FNO2/c1-2-7-13-11(15)10(14)8-3-5-9(12)6-4-8/h2-6,10,14H,1,7H2,(H,13,15). The van der Waals surface area contributed by atoms with Crippen molar-refractivity contribution in [2.45, 2.75) is 6.10 Å². The number of hydrogen-bond acceptors (Lipinski definition) is 2. The van der Waals surface area contributed by atoms with E-state index < -0.39 is 17.8 Å². The van der Waals surface area contributed by atoms with Crippen molar-refractivity contribution in [3.05, 3.63) is 48.3 Å². The van der Waals surface area contributed by atoms with E-state index in [-0.39, 0.29) is 6.54 Å². The molecule has 0 aliphatic carbocycles. The maximum Gasteiger partial charge on any atom is 0.253 e. The highest BCUT2D eigenvalue weighted by Crippen LogP contribution is 2.13. The third-order valence-corrected chi connectivity index (χ3v) is 1.85. The van der Waals surface area contributed by atoms with E-state index in [1.165, 1.54) is 30.3 Å². The molecule has 15 heavy (non-hydrogen) atoms. The van der Waals surface area contributed by atoms with Gasteiger partial charge in [0.1, 0.15) is 5.82 Å². The summed E-state index contributed by atoms with van der Waals surface area (Å²) in [5.74, 6) is -0.932. The van der Waals surface area contributed by atoms with E-state index >= 15 is 0 Å². The highest BCUT2D eigenvalue weighted by atomic mass is 19.1. The number of hydrogen-bond donors (Lipinski definition) is 2. The summed E-state index contributed by atoms with van der Waals surface area (Å²) >= 11 is 0. The molecule has 0 aromatic heterocycles. The third kappa shape index (κ3) is 3.18. The van der Waals surface area contributed by atoms with Gasteiger partial charge in [-0.25, -0.2) is 4.39 Å². The minimum atomic E-state index is -1.27. The molecular formula is C11H12FNO2. The van der Waals surface area contributed by atoms with Crippen molar-refractivity contribution in [3.63, 3.8) is 0 Å². The first-order valence-corrected chi connectivity index (χ1v) is 4.47. The molecule has 0 saturated carbocycles. The van der Waals surface area contributed by atoms with E-state index in [0.29, 0.717) is 5.56 Å². The van der Waals surface area contributed by atoms with Crippen LogP contribution in [0, 0.1) is 5.82 Å². The Bertz CT molecular complexity index is 348. The second kappa shape index (κ2) is 5.26. The summed E-state index contributed by atoms with van der Waals surface area (Å²) in [7, 11) is 0. The lowest BCUT2D eigenvalue weighted by molar-refractivity contribution is -0.129. The molecule has 0 aliphatic heterocycles. The van der Waals surface area contributed by atoms with Gasteiger partial charge in [-0.2, -0.15) is 0 Å². The van der Waals surface area contributed by atoms with Crippen LogP contribution in [0.1, 0.15) is 11.7 Å².